The second kappa shape index (κ2) is 5.65. The molecule has 0 aromatic heterocycles. The quantitative estimate of drug-likeness (QED) is 0.681. The van der Waals surface area contributed by atoms with E-state index in [9.17, 15) is 8.78 Å². The van der Waals surface area contributed by atoms with E-state index in [1.54, 1.807) is 12.1 Å². The molecule has 0 nitrogen and oxygen atoms in total. The fraction of sp³-hybridized carbons (Fsp3) is 0.294. The number of hydrogen-bond donors (Lipinski definition) is 0. The Morgan fingerprint density at radius 1 is 1.05 bits per heavy atom. The molecule has 1 atom stereocenters. The van der Waals surface area contributed by atoms with Crippen molar-refractivity contribution in [1.29, 1.82) is 0 Å². The predicted molar refractivity (Wildman–Crippen MR) is 80.2 cm³/mol. The molecular weight excluding hydrogens is 322 g/mol. The highest BCUT2D eigenvalue weighted by Gasteiger charge is 2.17. The van der Waals surface area contributed by atoms with Crippen molar-refractivity contribution in [3.63, 3.8) is 0 Å². The molecule has 0 aliphatic heterocycles. The molecule has 2 aromatic rings. The maximum absolute atomic E-state index is 13.7. The minimum atomic E-state index is -0.781. The lowest BCUT2D eigenvalue weighted by atomic mass is 10.00. The molecule has 2 aromatic carbocycles. The van der Waals surface area contributed by atoms with Crippen LogP contribution in [0, 0.1) is 11.6 Å². The lowest BCUT2D eigenvalue weighted by Gasteiger charge is -2.13. The third-order valence-electron chi connectivity index (χ3n) is 3.91. The summed E-state index contributed by atoms with van der Waals surface area (Å²) in [5, 5.41) is 0. The Kier molecular flexibility index (Phi) is 3.88. The van der Waals surface area contributed by atoms with E-state index >= 15 is 0 Å². The largest absolute Gasteiger partial charge is 0.204 e. The maximum atomic E-state index is 13.7. The second-order valence-corrected chi connectivity index (χ2v) is 6.37. The normalized spacial score (nSPS) is 15.2. The Morgan fingerprint density at radius 3 is 2.70 bits per heavy atom. The zero-order valence-corrected chi connectivity index (χ0v) is 12.6. The lowest BCUT2D eigenvalue weighted by Crippen LogP contribution is -2.00. The van der Waals surface area contributed by atoms with Crippen LogP contribution in [0.1, 0.15) is 33.5 Å². The molecule has 0 N–H and O–H groups in total. The molecule has 0 radical (unpaired) electrons. The average Bonchev–Trinajstić information content (AvgIpc) is 2.91. The van der Waals surface area contributed by atoms with Gasteiger partial charge in [0.25, 0.3) is 0 Å². The minimum absolute atomic E-state index is 0.00435. The van der Waals surface area contributed by atoms with Crippen LogP contribution < -0.4 is 0 Å². The van der Waals surface area contributed by atoms with Crippen LogP contribution in [-0.4, -0.2) is 0 Å². The predicted octanol–water partition coefficient (Wildman–Crippen LogP) is 5.13. The summed E-state index contributed by atoms with van der Waals surface area (Å²) in [5.74, 6) is -1.52. The summed E-state index contributed by atoms with van der Waals surface area (Å²) in [4.78, 5) is 0.00435. The Bertz CT molecular complexity index is 637. The Labute approximate surface area is 126 Å². The summed E-state index contributed by atoms with van der Waals surface area (Å²) in [7, 11) is 0. The zero-order chi connectivity index (χ0) is 14.1. The van der Waals surface area contributed by atoms with Gasteiger partial charge in [-0.25, -0.2) is 8.78 Å². The lowest BCUT2D eigenvalue weighted by molar-refractivity contribution is 0.498. The molecule has 3 heteroatoms. The molecule has 1 unspecified atom stereocenters. The average molecular weight is 337 g/mol. The van der Waals surface area contributed by atoms with E-state index < -0.39 is 11.6 Å². The van der Waals surface area contributed by atoms with E-state index in [1.807, 2.05) is 0 Å². The molecule has 0 heterocycles. The third kappa shape index (κ3) is 2.64. The smallest absolute Gasteiger partial charge is 0.162 e. The van der Waals surface area contributed by atoms with Gasteiger partial charge in [0.1, 0.15) is 0 Å². The standard InChI is InChI=1S/C17H15BrF2/c18-15(10-14-5-2-6-16(19)17(14)20)13-8-7-11-3-1-4-12(11)9-13/h2,5-9,15H,1,3-4,10H2. The van der Waals surface area contributed by atoms with Gasteiger partial charge in [-0.2, -0.15) is 0 Å². The Morgan fingerprint density at radius 2 is 1.85 bits per heavy atom. The first-order valence-corrected chi connectivity index (χ1v) is 7.75. The summed E-state index contributed by atoms with van der Waals surface area (Å²) < 4.78 is 26.9. The van der Waals surface area contributed by atoms with E-state index in [1.165, 1.54) is 17.5 Å². The van der Waals surface area contributed by atoms with Gasteiger partial charge in [0.2, 0.25) is 0 Å². The van der Waals surface area contributed by atoms with Gasteiger partial charge >= 0.3 is 0 Å². The molecular formula is C17H15BrF2. The first-order chi connectivity index (χ1) is 9.65. The fourth-order valence-electron chi connectivity index (χ4n) is 2.80. The van der Waals surface area contributed by atoms with Crippen LogP contribution in [0.15, 0.2) is 36.4 Å². The Hall–Kier alpha value is -1.22. The molecule has 0 amide bonds. The van der Waals surface area contributed by atoms with E-state index in [2.05, 4.69) is 34.1 Å². The van der Waals surface area contributed by atoms with Gasteiger partial charge in [-0.15, -0.1) is 0 Å². The molecule has 20 heavy (non-hydrogen) atoms. The van der Waals surface area contributed by atoms with Crippen LogP contribution in [0.25, 0.3) is 0 Å². The SMILES string of the molecule is Fc1cccc(CC(Br)c2ccc3c(c2)CCC3)c1F. The highest BCUT2D eigenvalue weighted by molar-refractivity contribution is 9.09. The molecule has 0 saturated carbocycles. The van der Waals surface area contributed by atoms with Crippen molar-refractivity contribution in [3.05, 3.63) is 70.3 Å². The van der Waals surface area contributed by atoms with Crippen LogP contribution in [0.2, 0.25) is 0 Å². The van der Waals surface area contributed by atoms with Crippen molar-refractivity contribution >= 4 is 15.9 Å². The number of aryl methyl sites for hydroxylation is 2. The van der Waals surface area contributed by atoms with Crippen LogP contribution >= 0.6 is 15.9 Å². The van der Waals surface area contributed by atoms with Crippen LogP contribution in [0.4, 0.5) is 8.78 Å². The first kappa shape index (κ1) is 13.7. The highest BCUT2D eigenvalue weighted by Crippen LogP contribution is 2.32. The molecule has 104 valence electrons. The first-order valence-electron chi connectivity index (χ1n) is 6.84. The molecule has 0 saturated heterocycles. The molecule has 3 rings (SSSR count). The van der Waals surface area contributed by atoms with Gasteiger partial charge in [0, 0.05) is 4.83 Å². The van der Waals surface area contributed by atoms with E-state index in [4.69, 9.17) is 0 Å². The number of fused-ring (bicyclic) bond motifs is 1. The molecule has 1 aliphatic rings. The van der Waals surface area contributed by atoms with Crippen molar-refractivity contribution in [3.8, 4) is 0 Å². The van der Waals surface area contributed by atoms with Crippen LogP contribution in [0.3, 0.4) is 0 Å². The van der Waals surface area contributed by atoms with Gasteiger partial charge in [-0.1, -0.05) is 46.3 Å². The van der Waals surface area contributed by atoms with Gasteiger partial charge in [-0.3, -0.25) is 0 Å². The number of alkyl halides is 1. The number of benzene rings is 2. The van der Waals surface area contributed by atoms with Crippen molar-refractivity contribution < 1.29 is 8.78 Å². The van der Waals surface area contributed by atoms with Gasteiger partial charge < -0.3 is 0 Å². The molecule has 0 bridgehead atoms. The fourth-order valence-corrected chi connectivity index (χ4v) is 3.44. The molecule has 0 fully saturated rings. The van der Waals surface area contributed by atoms with Gasteiger partial charge in [0.05, 0.1) is 0 Å². The number of halogens is 3. The zero-order valence-electron chi connectivity index (χ0n) is 11.0. The summed E-state index contributed by atoms with van der Waals surface area (Å²) in [6.45, 7) is 0. The monoisotopic (exact) mass is 336 g/mol. The summed E-state index contributed by atoms with van der Waals surface area (Å²) in [5.41, 5.74) is 4.36. The van der Waals surface area contributed by atoms with Gasteiger partial charge in [0.15, 0.2) is 11.6 Å². The van der Waals surface area contributed by atoms with Gasteiger partial charge in [-0.05, 0) is 54.0 Å². The van der Waals surface area contributed by atoms with Crippen molar-refractivity contribution in [2.75, 3.05) is 0 Å². The maximum Gasteiger partial charge on any atom is 0.162 e. The number of rotatable bonds is 3. The van der Waals surface area contributed by atoms with Crippen LogP contribution in [-0.2, 0) is 19.3 Å². The molecule has 1 aliphatic carbocycles. The number of hydrogen-bond acceptors (Lipinski definition) is 0. The van der Waals surface area contributed by atoms with Crippen molar-refractivity contribution in [2.24, 2.45) is 0 Å². The minimum Gasteiger partial charge on any atom is -0.204 e. The van der Waals surface area contributed by atoms with Crippen molar-refractivity contribution in [1.82, 2.24) is 0 Å². The van der Waals surface area contributed by atoms with Crippen LogP contribution in [0.5, 0.6) is 0 Å². The second-order valence-electron chi connectivity index (χ2n) is 5.27. The van der Waals surface area contributed by atoms with Crippen molar-refractivity contribution in [2.45, 2.75) is 30.5 Å². The molecule has 0 spiro atoms. The summed E-state index contributed by atoms with van der Waals surface area (Å²) >= 11 is 3.60. The topological polar surface area (TPSA) is 0 Å². The summed E-state index contributed by atoms with van der Waals surface area (Å²) in [6.07, 6.45) is 3.94. The van der Waals surface area contributed by atoms with E-state index in [0.29, 0.717) is 12.0 Å². The van der Waals surface area contributed by atoms with E-state index in [0.717, 1.165) is 24.5 Å². The van der Waals surface area contributed by atoms with E-state index in [-0.39, 0.29) is 4.83 Å². The third-order valence-corrected chi connectivity index (χ3v) is 4.77. The summed E-state index contributed by atoms with van der Waals surface area (Å²) in [6, 6.07) is 10.8. The highest BCUT2D eigenvalue weighted by atomic mass is 79.9. The Balaban J connectivity index is 1.82.